The molecule has 2 aromatic rings. The van der Waals surface area contributed by atoms with Crippen LogP contribution in [0.25, 0.3) is 6.08 Å². The van der Waals surface area contributed by atoms with Crippen molar-refractivity contribution in [1.29, 1.82) is 0 Å². The Morgan fingerprint density at radius 1 is 1.09 bits per heavy atom. The second kappa shape index (κ2) is 8.64. The molecule has 0 unspecified atom stereocenters. The molecule has 2 rings (SSSR count). The molecule has 1 amide bonds. The van der Waals surface area contributed by atoms with Gasteiger partial charge in [0.25, 0.3) is 5.91 Å². The maximum Gasteiger partial charge on any atom is 0.267 e. The van der Waals surface area contributed by atoms with Gasteiger partial charge in [-0.2, -0.15) is 0 Å². The van der Waals surface area contributed by atoms with Gasteiger partial charge in [0.05, 0.1) is 13.2 Å². The predicted molar refractivity (Wildman–Crippen MR) is 86.0 cm³/mol. The van der Waals surface area contributed by atoms with Gasteiger partial charge in [0.2, 0.25) is 0 Å². The summed E-state index contributed by atoms with van der Waals surface area (Å²) >= 11 is 0. The van der Waals surface area contributed by atoms with Gasteiger partial charge in [0.1, 0.15) is 5.75 Å². The molecule has 1 N–H and O–H groups in total. The third kappa shape index (κ3) is 5.42. The van der Waals surface area contributed by atoms with Gasteiger partial charge in [-0.3, -0.25) is 9.63 Å². The van der Waals surface area contributed by atoms with Gasteiger partial charge in [-0.25, -0.2) is 5.48 Å². The Balaban J connectivity index is 1.76. The zero-order chi connectivity index (χ0) is 15.6. The molecule has 0 fully saturated rings. The van der Waals surface area contributed by atoms with E-state index < -0.39 is 0 Å². The van der Waals surface area contributed by atoms with Gasteiger partial charge in [0.15, 0.2) is 0 Å². The van der Waals surface area contributed by atoms with Crippen molar-refractivity contribution in [2.24, 2.45) is 0 Å². The lowest BCUT2D eigenvalue weighted by molar-refractivity contribution is -0.129. The van der Waals surface area contributed by atoms with Crippen molar-refractivity contribution in [3.63, 3.8) is 0 Å². The van der Waals surface area contributed by atoms with Gasteiger partial charge in [-0.05, 0) is 36.3 Å². The standard InChI is InChI=1S/C18H19NO3/c1-2-21-17-11-8-15(9-12-17)10-13-18(20)19-22-14-16-6-4-3-5-7-16/h3-13H,2,14H2,1H3,(H,19,20)/b13-10+. The van der Waals surface area contributed by atoms with Crippen molar-refractivity contribution >= 4 is 12.0 Å². The van der Waals surface area contributed by atoms with Gasteiger partial charge in [0, 0.05) is 6.08 Å². The molecule has 0 spiro atoms. The summed E-state index contributed by atoms with van der Waals surface area (Å²) in [6, 6.07) is 17.2. The molecule has 0 bridgehead atoms. The topological polar surface area (TPSA) is 47.6 Å². The first-order chi connectivity index (χ1) is 10.8. The molecule has 0 aliphatic carbocycles. The predicted octanol–water partition coefficient (Wildman–Crippen LogP) is 3.35. The van der Waals surface area contributed by atoms with Crippen molar-refractivity contribution in [3.05, 3.63) is 71.8 Å². The monoisotopic (exact) mass is 297 g/mol. The molecule has 0 aliphatic rings. The molecular formula is C18H19NO3. The average molecular weight is 297 g/mol. The minimum absolute atomic E-state index is 0.301. The fourth-order valence-corrected chi connectivity index (χ4v) is 1.81. The lowest BCUT2D eigenvalue weighted by atomic mass is 10.2. The van der Waals surface area contributed by atoms with Gasteiger partial charge >= 0.3 is 0 Å². The highest BCUT2D eigenvalue weighted by Crippen LogP contribution is 2.12. The Bertz CT molecular complexity index is 606. The molecule has 0 aromatic heterocycles. The molecule has 0 atom stereocenters. The average Bonchev–Trinajstić information content (AvgIpc) is 2.55. The molecule has 22 heavy (non-hydrogen) atoms. The van der Waals surface area contributed by atoms with E-state index in [4.69, 9.17) is 9.57 Å². The maximum absolute atomic E-state index is 11.6. The van der Waals surface area contributed by atoms with E-state index in [2.05, 4.69) is 5.48 Å². The maximum atomic E-state index is 11.6. The molecular weight excluding hydrogens is 278 g/mol. The summed E-state index contributed by atoms with van der Waals surface area (Å²) in [6.45, 7) is 2.91. The van der Waals surface area contributed by atoms with E-state index >= 15 is 0 Å². The normalized spacial score (nSPS) is 10.6. The number of ether oxygens (including phenoxy) is 1. The van der Waals surface area contributed by atoms with Crippen LogP contribution in [0.4, 0.5) is 0 Å². The first-order valence-electron chi connectivity index (χ1n) is 7.14. The second-order valence-corrected chi connectivity index (χ2v) is 4.58. The summed E-state index contributed by atoms with van der Waals surface area (Å²) in [4.78, 5) is 16.8. The molecule has 114 valence electrons. The van der Waals surface area contributed by atoms with Crippen LogP contribution in [-0.4, -0.2) is 12.5 Å². The quantitative estimate of drug-likeness (QED) is 0.630. The first kappa shape index (κ1) is 15.8. The number of amides is 1. The molecule has 0 heterocycles. The number of carbonyl (C=O) groups is 1. The number of carbonyl (C=O) groups excluding carboxylic acids is 1. The minimum atomic E-state index is -0.301. The molecule has 0 radical (unpaired) electrons. The first-order valence-corrected chi connectivity index (χ1v) is 7.14. The molecule has 0 aliphatic heterocycles. The SMILES string of the molecule is CCOc1ccc(/C=C/C(=O)NOCc2ccccc2)cc1. The third-order valence-corrected chi connectivity index (χ3v) is 2.87. The van der Waals surface area contributed by atoms with E-state index in [-0.39, 0.29) is 5.91 Å². The van der Waals surface area contributed by atoms with Crippen LogP contribution in [0.15, 0.2) is 60.7 Å². The lowest BCUT2D eigenvalue weighted by Gasteiger charge is -2.04. The van der Waals surface area contributed by atoms with Gasteiger partial charge < -0.3 is 4.74 Å². The Kier molecular flexibility index (Phi) is 6.20. The lowest BCUT2D eigenvalue weighted by Crippen LogP contribution is -2.21. The van der Waals surface area contributed by atoms with Crippen molar-refractivity contribution in [2.75, 3.05) is 6.61 Å². The minimum Gasteiger partial charge on any atom is -0.494 e. The van der Waals surface area contributed by atoms with Crippen LogP contribution < -0.4 is 10.2 Å². The van der Waals surface area contributed by atoms with Crippen molar-refractivity contribution in [2.45, 2.75) is 13.5 Å². The zero-order valence-electron chi connectivity index (χ0n) is 12.5. The number of nitrogens with one attached hydrogen (secondary N) is 1. The van der Waals surface area contributed by atoms with Crippen molar-refractivity contribution in [1.82, 2.24) is 5.48 Å². The van der Waals surface area contributed by atoms with Crippen LogP contribution in [0, 0.1) is 0 Å². The number of hydrogen-bond donors (Lipinski definition) is 1. The smallest absolute Gasteiger partial charge is 0.267 e. The summed E-state index contributed by atoms with van der Waals surface area (Å²) in [5.74, 6) is 0.514. The summed E-state index contributed by atoms with van der Waals surface area (Å²) in [5.41, 5.74) is 4.30. The third-order valence-electron chi connectivity index (χ3n) is 2.87. The van der Waals surface area contributed by atoms with Crippen molar-refractivity contribution in [3.8, 4) is 5.75 Å². The van der Waals surface area contributed by atoms with Gasteiger partial charge in [-0.15, -0.1) is 0 Å². The van der Waals surface area contributed by atoms with Crippen LogP contribution in [0.5, 0.6) is 5.75 Å². The fraction of sp³-hybridized carbons (Fsp3) is 0.167. The largest absolute Gasteiger partial charge is 0.494 e. The Labute approximate surface area is 130 Å². The number of hydroxylamine groups is 1. The van der Waals surface area contributed by atoms with Crippen LogP contribution in [0.3, 0.4) is 0 Å². The van der Waals surface area contributed by atoms with E-state index in [1.54, 1.807) is 6.08 Å². The zero-order valence-corrected chi connectivity index (χ0v) is 12.5. The van der Waals surface area contributed by atoms with E-state index in [0.717, 1.165) is 16.9 Å². The summed E-state index contributed by atoms with van der Waals surface area (Å²) in [6.07, 6.45) is 3.15. The number of benzene rings is 2. The molecule has 0 saturated heterocycles. The molecule has 2 aromatic carbocycles. The fourth-order valence-electron chi connectivity index (χ4n) is 1.81. The number of rotatable bonds is 7. The summed E-state index contributed by atoms with van der Waals surface area (Å²) in [7, 11) is 0. The Morgan fingerprint density at radius 3 is 2.50 bits per heavy atom. The highest BCUT2D eigenvalue weighted by Gasteiger charge is 1.97. The molecule has 4 nitrogen and oxygen atoms in total. The van der Waals surface area contributed by atoms with E-state index in [0.29, 0.717) is 13.2 Å². The van der Waals surface area contributed by atoms with Crippen LogP contribution >= 0.6 is 0 Å². The highest BCUT2D eigenvalue weighted by molar-refractivity contribution is 5.90. The number of hydrogen-bond acceptors (Lipinski definition) is 3. The Hall–Kier alpha value is -2.59. The van der Waals surface area contributed by atoms with E-state index in [1.807, 2.05) is 61.5 Å². The van der Waals surface area contributed by atoms with Gasteiger partial charge in [-0.1, -0.05) is 42.5 Å². The second-order valence-electron chi connectivity index (χ2n) is 4.58. The molecule has 0 saturated carbocycles. The summed E-state index contributed by atoms with van der Waals surface area (Å²) < 4.78 is 5.36. The molecule has 4 heteroatoms. The summed E-state index contributed by atoms with van der Waals surface area (Å²) in [5, 5.41) is 0. The van der Waals surface area contributed by atoms with Crippen LogP contribution in [0.2, 0.25) is 0 Å². The van der Waals surface area contributed by atoms with Crippen LogP contribution in [-0.2, 0) is 16.2 Å². The van der Waals surface area contributed by atoms with Crippen molar-refractivity contribution < 1.29 is 14.4 Å². The van der Waals surface area contributed by atoms with Crippen LogP contribution in [0.1, 0.15) is 18.1 Å². The highest BCUT2D eigenvalue weighted by atomic mass is 16.6. The van der Waals surface area contributed by atoms with E-state index in [9.17, 15) is 4.79 Å². The Morgan fingerprint density at radius 2 is 1.82 bits per heavy atom. The van der Waals surface area contributed by atoms with E-state index in [1.165, 1.54) is 6.08 Å².